The normalized spacial score (nSPS) is 9.94. The maximum Gasteiger partial charge on any atom is 0.158 e. The Morgan fingerprint density at radius 1 is 1.41 bits per heavy atom. The third-order valence-corrected chi connectivity index (χ3v) is 2.19. The van der Waals surface area contributed by atoms with Gasteiger partial charge in [0.15, 0.2) is 12.0 Å². The SMILES string of the molecule is COc1cccc(-n2cc(OCC=O)cn2)c1. The number of carbonyl (C=O) groups excluding carboxylic acids is 1. The van der Waals surface area contributed by atoms with Crippen LogP contribution >= 0.6 is 0 Å². The summed E-state index contributed by atoms with van der Waals surface area (Å²) in [4.78, 5) is 10.2. The topological polar surface area (TPSA) is 53.4 Å². The van der Waals surface area contributed by atoms with E-state index < -0.39 is 0 Å². The molecule has 0 radical (unpaired) electrons. The highest BCUT2D eigenvalue weighted by molar-refractivity contribution is 5.51. The van der Waals surface area contributed by atoms with Crippen molar-refractivity contribution in [1.82, 2.24) is 9.78 Å². The second-order valence-electron chi connectivity index (χ2n) is 3.30. The van der Waals surface area contributed by atoms with Gasteiger partial charge in [-0.05, 0) is 12.1 Å². The zero-order chi connectivity index (χ0) is 12.1. The summed E-state index contributed by atoms with van der Waals surface area (Å²) in [5.41, 5.74) is 0.866. The van der Waals surface area contributed by atoms with Crippen LogP contribution in [0, 0.1) is 0 Å². The number of aromatic nitrogens is 2. The van der Waals surface area contributed by atoms with Crippen molar-refractivity contribution in [2.24, 2.45) is 0 Å². The highest BCUT2D eigenvalue weighted by Crippen LogP contribution is 2.18. The molecule has 5 heteroatoms. The molecule has 0 saturated carbocycles. The molecule has 0 bridgehead atoms. The molecule has 0 amide bonds. The molecule has 0 fully saturated rings. The average Bonchev–Trinajstić information content (AvgIpc) is 2.85. The molecular formula is C12H12N2O3. The fraction of sp³-hybridized carbons (Fsp3) is 0.167. The molecule has 0 aliphatic carbocycles. The Balaban J connectivity index is 2.20. The number of aldehydes is 1. The maximum atomic E-state index is 10.2. The minimum atomic E-state index is 0.0316. The van der Waals surface area contributed by atoms with Crippen molar-refractivity contribution in [2.45, 2.75) is 0 Å². The first kappa shape index (κ1) is 11.2. The van der Waals surface area contributed by atoms with Crippen molar-refractivity contribution in [3.63, 3.8) is 0 Å². The summed E-state index contributed by atoms with van der Waals surface area (Å²) in [5, 5.41) is 4.13. The summed E-state index contributed by atoms with van der Waals surface area (Å²) in [6.45, 7) is 0.0316. The maximum absolute atomic E-state index is 10.2. The van der Waals surface area contributed by atoms with E-state index in [0.717, 1.165) is 11.4 Å². The summed E-state index contributed by atoms with van der Waals surface area (Å²) < 4.78 is 11.9. The first-order valence-electron chi connectivity index (χ1n) is 5.09. The van der Waals surface area contributed by atoms with E-state index in [4.69, 9.17) is 9.47 Å². The summed E-state index contributed by atoms with van der Waals surface area (Å²) in [5.74, 6) is 1.31. The minimum absolute atomic E-state index is 0.0316. The van der Waals surface area contributed by atoms with E-state index in [1.54, 1.807) is 24.2 Å². The number of methoxy groups -OCH3 is 1. The standard InChI is InChI=1S/C12H12N2O3/c1-16-11-4-2-3-10(7-11)14-9-12(8-13-14)17-6-5-15/h2-5,7-9H,6H2,1H3. The minimum Gasteiger partial charge on any atom is -0.497 e. The number of carbonyl (C=O) groups is 1. The molecule has 0 spiro atoms. The second-order valence-corrected chi connectivity index (χ2v) is 3.30. The van der Waals surface area contributed by atoms with Crippen molar-refractivity contribution < 1.29 is 14.3 Å². The summed E-state index contributed by atoms with van der Waals surface area (Å²) >= 11 is 0. The van der Waals surface area contributed by atoms with E-state index in [9.17, 15) is 4.79 Å². The highest BCUT2D eigenvalue weighted by atomic mass is 16.5. The third kappa shape index (κ3) is 2.63. The lowest BCUT2D eigenvalue weighted by Gasteiger charge is -2.03. The zero-order valence-corrected chi connectivity index (χ0v) is 9.37. The highest BCUT2D eigenvalue weighted by Gasteiger charge is 2.02. The monoisotopic (exact) mass is 232 g/mol. The lowest BCUT2D eigenvalue weighted by atomic mass is 10.3. The van der Waals surface area contributed by atoms with Crippen molar-refractivity contribution >= 4 is 6.29 Å². The Bertz CT molecular complexity index is 508. The van der Waals surface area contributed by atoms with Crippen LogP contribution in [0.25, 0.3) is 5.69 Å². The zero-order valence-electron chi connectivity index (χ0n) is 9.37. The molecule has 88 valence electrons. The molecule has 5 nitrogen and oxygen atoms in total. The smallest absolute Gasteiger partial charge is 0.158 e. The van der Waals surface area contributed by atoms with Crippen LogP contribution in [0.4, 0.5) is 0 Å². The van der Waals surface area contributed by atoms with Crippen LogP contribution in [-0.2, 0) is 4.79 Å². The second kappa shape index (κ2) is 5.16. The Hall–Kier alpha value is -2.30. The van der Waals surface area contributed by atoms with E-state index in [1.165, 1.54) is 0 Å². The first-order chi connectivity index (χ1) is 8.33. The van der Waals surface area contributed by atoms with Crippen LogP contribution in [0.3, 0.4) is 0 Å². The van der Waals surface area contributed by atoms with Crippen LogP contribution < -0.4 is 9.47 Å². The molecule has 0 atom stereocenters. The largest absolute Gasteiger partial charge is 0.497 e. The van der Waals surface area contributed by atoms with Crippen LogP contribution in [0.15, 0.2) is 36.7 Å². The molecule has 0 aliphatic rings. The van der Waals surface area contributed by atoms with Gasteiger partial charge in [0.05, 0.1) is 25.2 Å². The molecule has 0 unspecified atom stereocenters. The predicted molar refractivity (Wildman–Crippen MR) is 61.7 cm³/mol. The Kier molecular flexibility index (Phi) is 3.40. The summed E-state index contributed by atoms with van der Waals surface area (Å²) in [6, 6.07) is 7.49. The lowest BCUT2D eigenvalue weighted by molar-refractivity contribution is -0.109. The number of benzene rings is 1. The molecule has 2 aromatic rings. The first-order valence-corrected chi connectivity index (χ1v) is 5.09. The van der Waals surface area contributed by atoms with E-state index in [-0.39, 0.29) is 6.61 Å². The summed E-state index contributed by atoms with van der Waals surface area (Å²) in [7, 11) is 1.61. The Morgan fingerprint density at radius 2 is 2.29 bits per heavy atom. The van der Waals surface area contributed by atoms with Crippen molar-refractivity contribution in [2.75, 3.05) is 13.7 Å². The van der Waals surface area contributed by atoms with Crippen molar-refractivity contribution in [3.05, 3.63) is 36.7 Å². The van der Waals surface area contributed by atoms with E-state index in [2.05, 4.69) is 5.10 Å². The molecule has 0 N–H and O–H groups in total. The fourth-order valence-electron chi connectivity index (χ4n) is 1.41. The number of hydrogen-bond acceptors (Lipinski definition) is 4. The molecular weight excluding hydrogens is 220 g/mol. The molecule has 1 aromatic heterocycles. The molecule has 1 aromatic carbocycles. The molecule has 17 heavy (non-hydrogen) atoms. The van der Waals surface area contributed by atoms with Crippen LogP contribution in [-0.4, -0.2) is 29.8 Å². The van der Waals surface area contributed by atoms with Gasteiger partial charge < -0.3 is 9.47 Å². The van der Waals surface area contributed by atoms with Gasteiger partial charge in [-0.1, -0.05) is 6.07 Å². The van der Waals surface area contributed by atoms with Gasteiger partial charge in [-0.25, -0.2) is 4.68 Å². The Labute approximate surface area is 98.6 Å². The molecule has 0 saturated heterocycles. The van der Waals surface area contributed by atoms with Gasteiger partial charge in [-0.15, -0.1) is 0 Å². The van der Waals surface area contributed by atoms with Crippen LogP contribution in [0.1, 0.15) is 0 Å². The Morgan fingerprint density at radius 3 is 3.06 bits per heavy atom. The van der Waals surface area contributed by atoms with E-state index >= 15 is 0 Å². The van der Waals surface area contributed by atoms with Gasteiger partial charge >= 0.3 is 0 Å². The van der Waals surface area contributed by atoms with Gasteiger partial charge in [0.2, 0.25) is 0 Å². The van der Waals surface area contributed by atoms with Crippen LogP contribution in [0.2, 0.25) is 0 Å². The molecule has 0 aliphatic heterocycles. The number of rotatable bonds is 5. The van der Waals surface area contributed by atoms with Gasteiger partial charge in [0, 0.05) is 6.07 Å². The van der Waals surface area contributed by atoms with Gasteiger partial charge in [0.25, 0.3) is 0 Å². The predicted octanol–water partition coefficient (Wildman–Crippen LogP) is 1.46. The van der Waals surface area contributed by atoms with Crippen molar-refractivity contribution in [1.29, 1.82) is 0 Å². The van der Waals surface area contributed by atoms with Gasteiger partial charge in [0.1, 0.15) is 12.4 Å². The summed E-state index contributed by atoms with van der Waals surface area (Å²) in [6.07, 6.45) is 3.96. The number of ether oxygens (including phenoxy) is 2. The fourth-order valence-corrected chi connectivity index (χ4v) is 1.41. The number of hydrogen-bond donors (Lipinski definition) is 0. The van der Waals surface area contributed by atoms with E-state index in [1.807, 2.05) is 24.3 Å². The number of nitrogens with zero attached hydrogens (tertiary/aromatic N) is 2. The average molecular weight is 232 g/mol. The van der Waals surface area contributed by atoms with Crippen LogP contribution in [0.5, 0.6) is 11.5 Å². The quantitative estimate of drug-likeness (QED) is 0.732. The lowest BCUT2D eigenvalue weighted by Crippen LogP contribution is -1.97. The van der Waals surface area contributed by atoms with Crippen molar-refractivity contribution in [3.8, 4) is 17.2 Å². The van der Waals surface area contributed by atoms with Gasteiger partial charge in [-0.3, -0.25) is 4.79 Å². The van der Waals surface area contributed by atoms with E-state index in [0.29, 0.717) is 12.0 Å². The van der Waals surface area contributed by atoms with Gasteiger partial charge in [-0.2, -0.15) is 5.10 Å². The molecule has 1 heterocycles. The third-order valence-electron chi connectivity index (χ3n) is 2.19. The molecule has 2 rings (SSSR count).